The van der Waals surface area contributed by atoms with Gasteiger partial charge in [-0.15, -0.1) is 0 Å². The number of hydrogen-bond acceptors (Lipinski definition) is 3. The zero-order valence-electron chi connectivity index (χ0n) is 11.1. The van der Waals surface area contributed by atoms with E-state index >= 15 is 0 Å². The van der Waals surface area contributed by atoms with Crippen molar-refractivity contribution in [3.8, 4) is 0 Å². The number of alkyl halides is 3. The molecule has 1 aliphatic rings. The Morgan fingerprint density at radius 2 is 1.52 bits per heavy atom. The molecule has 8 heteroatoms. The van der Waals surface area contributed by atoms with Crippen LogP contribution in [-0.2, 0) is 6.61 Å². The predicted molar refractivity (Wildman–Crippen MR) is 67.0 cm³/mol. The Morgan fingerprint density at radius 3 is 1.95 bits per heavy atom. The van der Waals surface area contributed by atoms with Gasteiger partial charge in [-0.25, -0.2) is 8.78 Å². The number of benzene rings is 1. The maximum Gasteiger partial charge on any atom is 0.401 e. The van der Waals surface area contributed by atoms with Crippen LogP contribution in [0.1, 0.15) is 5.56 Å². The molecule has 0 aromatic heterocycles. The summed E-state index contributed by atoms with van der Waals surface area (Å²) in [6, 6.07) is 2.06. The van der Waals surface area contributed by atoms with Gasteiger partial charge in [-0.05, 0) is 17.7 Å². The Labute approximate surface area is 118 Å². The SMILES string of the molecule is OCc1cc(F)c(N2CCN(CC(F)(F)F)CC2)c(F)c1. The maximum atomic E-state index is 13.9. The van der Waals surface area contributed by atoms with Crippen LogP contribution in [0.3, 0.4) is 0 Å². The molecule has 1 aliphatic heterocycles. The molecule has 1 fully saturated rings. The second-order valence-corrected chi connectivity index (χ2v) is 4.94. The van der Waals surface area contributed by atoms with E-state index in [1.807, 2.05) is 0 Å². The maximum absolute atomic E-state index is 13.9. The van der Waals surface area contributed by atoms with Gasteiger partial charge in [0.15, 0.2) is 0 Å². The van der Waals surface area contributed by atoms with Crippen LogP contribution in [0.15, 0.2) is 12.1 Å². The highest BCUT2D eigenvalue weighted by Crippen LogP contribution is 2.27. The number of halogens is 5. The highest BCUT2D eigenvalue weighted by molar-refractivity contribution is 5.51. The Kier molecular flexibility index (Phi) is 4.67. The van der Waals surface area contributed by atoms with Crippen LogP contribution in [0, 0.1) is 11.6 Å². The van der Waals surface area contributed by atoms with E-state index < -0.39 is 31.0 Å². The molecule has 1 N–H and O–H groups in total. The van der Waals surface area contributed by atoms with Gasteiger partial charge in [0.1, 0.15) is 17.3 Å². The molecule has 0 spiro atoms. The van der Waals surface area contributed by atoms with Gasteiger partial charge in [0.05, 0.1) is 13.2 Å². The molecular formula is C13H15F5N2O. The van der Waals surface area contributed by atoms with E-state index in [-0.39, 0.29) is 37.4 Å². The molecule has 1 heterocycles. The fraction of sp³-hybridized carbons (Fsp3) is 0.538. The molecular weight excluding hydrogens is 295 g/mol. The lowest BCUT2D eigenvalue weighted by molar-refractivity contribution is -0.146. The minimum absolute atomic E-state index is 0.0835. The lowest BCUT2D eigenvalue weighted by Crippen LogP contribution is -2.49. The lowest BCUT2D eigenvalue weighted by Gasteiger charge is -2.36. The van der Waals surface area contributed by atoms with Crippen molar-refractivity contribution in [3.63, 3.8) is 0 Å². The predicted octanol–water partition coefficient (Wildman–Crippen LogP) is 2.14. The first-order chi connectivity index (χ1) is 9.80. The molecule has 0 saturated carbocycles. The fourth-order valence-electron chi connectivity index (χ4n) is 2.39. The lowest BCUT2D eigenvalue weighted by atomic mass is 10.1. The van der Waals surface area contributed by atoms with E-state index in [0.717, 1.165) is 12.1 Å². The molecule has 1 aromatic carbocycles. The Bertz CT molecular complexity index is 475. The van der Waals surface area contributed by atoms with E-state index in [2.05, 4.69) is 0 Å². The monoisotopic (exact) mass is 310 g/mol. The van der Waals surface area contributed by atoms with Crippen LogP contribution < -0.4 is 4.90 Å². The third kappa shape index (κ3) is 4.04. The van der Waals surface area contributed by atoms with Crippen molar-refractivity contribution in [2.75, 3.05) is 37.6 Å². The Hall–Kier alpha value is -1.41. The number of hydrogen-bond donors (Lipinski definition) is 1. The zero-order chi connectivity index (χ0) is 15.6. The highest BCUT2D eigenvalue weighted by Gasteiger charge is 2.32. The molecule has 1 aromatic rings. The van der Waals surface area contributed by atoms with Crippen LogP contribution in [0.4, 0.5) is 27.6 Å². The molecule has 2 rings (SSSR count). The first kappa shape index (κ1) is 16.0. The molecule has 0 unspecified atom stereocenters. The highest BCUT2D eigenvalue weighted by atomic mass is 19.4. The smallest absolute Gasteiger partial charge is 0.392 e. The van der Waals surface area contributed by atoms with Crippen molar-refractivity contribution in [1.82, 2.24) is 4.90 Å². The standard InChI is InChI=1S/C13H15F5N2O/c14-10-5-9(7-21)6-11(15)12(10)20-3-1-19(2-4-20)8-13(16,17)18/h5-6,21H,1-4,7-8H2. The van der Waals surface area contributed by atoms with Gasteiger partial charge in [-0.3, -0.25) is 4.90 Å². The number of rotatable bonds is 3. The van der Waals surface area contributed by atoms with Crippen molar-refractivity contribution in [2.45, 2.75) is 12.8 Å². The molecule has 118 valence electrons. The normalized spacial score (nSPS) is 17.3. The summed E-state index contributed by atoms with van der Waals surface area (Å²) in [5.41, 5.74) is -0.136. The summed E-state index contributed by atoms with van der Waals surface area (Å²) in [7, 11) is 0. The van der Waals surface area contributed by atoms with Gasteiger partial charge in [-0.2, -0.15) is 13.2 Å². The number of aliphatic hydroxyl groups is 1. The van der Waals surface area contributed by atoms with E-state index in [1.54, 1.807) is 0 Å². The average Bonchev–Trinajstić information content (AvgIpc) is 2.38. The van der Waals surface area contributed by atoms with Gasteiger partial charge in [-0.1, -0.05) is 0 Å². The minimum Gasteiger partial charge on any atom is -0.392 e. The van der Waals surface area contributed by atoms with Crippen LogP contribution >= 0.6 is 0 Å². The van der Waals surface area contributed by atoms with E-state index in [4.69, 9.17) is 5.11 Å². The van der Waals surface area contributed by atoms with Crippen molar-refractivity contribution in [3.05, 3.63) is 29.3 Å². The van der Waals surface area contributed by atoms with Crippen molar-refractivity contribution in [1.29, 1.82) is 0 Å². The third-order valence-corrected chi connectivity index (χ3v) is 3.35. The van der Waals surface area contributed by atoms with Crippen LogP contribution in [0.25, 0.3) is 0 Å². The van der Waals surface area contributed by atoms with Gasteiger partial charge >= 0.3 is 6.18 Å². The van der Waals surface area contributed by atoms with Gasteiger partial charge in [0.2, 0.25) is 0 Å². The van der Waals surface area contributed by atoms with Crippen LogP contribution in [0.2, 0.25) is 0 Å². The summed E-state index contributed by atoms with van der Waals surface area (Å²) in [4.78, 5) is 2.59. The van der Waals surface area contributed by atoms with Gasteiger partial charge in [0.25, 0.3) is 0 Å². The molecule has 21 heavy (non-hydrogen) atoms. The first-order valence-corrected chi connectivity index (χ1v) is 6.43. The minimum atomic E-state index is -4.28. The fourth-order valence-corrected chi connectivity index (χ4v) is 2.39. The summed E-state index contributed by atoms with van der Waals surface area (Å²) in [5.74, 6) is -1.63. The molecule has 0 aliphatic carbocycles. The second kappa shape index (κ2) is 6.15. The number of aliphatic hydroxyl groups excluding tert-OH is 1. The average molecular weight is 310 g/mol. The summed E-state index contributed by atoms with van der Waals surface area (Å²) < 4.78 is 64.5. The third-order valence-electron chi connectivity index (χ3n) is 3.35. The van der Waals surface area contributed by atoms with Crippen molar-refractivity contribution in [2.24, 2.45) is 0 Å². The molecule has 0 bridgehead atoms. The number of piperazine rings is 1. The zero-order valence-corrected chi connectivity index (χ0v) is 11.1. The van der Waals surface area contributed by atoms with Crippen molar-refractivity contribution < 1.29 is 27.1 Å². The van der Waals surface area contributed by atoms with E-state index in [0.29, 0.717) is 0 Å². The van der Waals surface area contributed by atoms with E-state index in [1.165, 1.54) is 9.80 Å². The summed E-state index contributed by atoms with van der Waals surface area (Å²) in [6.07, 6.45) is -4.28. The second-order valence-electron chi connectivity index (χ2n) is 4.94. The summed E-state index contributed by atoms with van der Waals surface area (Å²) in [6.45, 7) is -1.10. The topological polar surface area (TPSA) is 26.7 Å². The summed E-state index contributed by atoms with van der Waals surface area (Å²) in [5, 5.41) is 8.87. The number of nitrogens with zero attached hydrogens (tertiary/aromatic N) is 2. The molecule has 1 saturated heterocycles. The van der Waals surface area contributed by atoms with Gasteiger partial charge < -0.3 is 10.0 Å². The Morgan fingerprint density at radius 1 is 1.00 bits per heavy atom. The molecule has 0 radical (unpaired) electrons. The molecule has 0 atom stereocenters. The largest absolute Gasteiger partial charge is 0.401 e. The quantitative estimate of drug-likeness (QED) is 0.867. The van der Waals surface area contributed by atoms with Crippen molar-refractivity contribution >= 4 is 5.69 Å². The molecule has 0 amide bonds. The molecule has 3 nitrogen and oxygen atoms in total. The van der Waals surface area contributed by atoms with Gasteiger partial charge in [0, 0.05) is 26.2 Å². The Balaban J connectivity index is 2.06. The first-order valence-electron chi connectivity index (χ1n) is 6.43. The van der Waals surface area contributed by atoms with Crippen LogP contribution in [0.5, 0.6) is 0 Å². The number of anilines is 1. The summed E-state index contributed by atoms with van der Waals surface area (Å²) >= 11 is 0. The van der Waals surface area contributed by atoms with E-state index in [9.17, 15) is 22.0 Å². The van der Waals surface area contributed by atoms with Crippen LogP contribution in [-0.4, -0.2) is 48.9 Å².